The van der Waals surface area contributed by atoms with Crippen molar-refractivity contribution >= 4 is 23.6 Å². The molecule has 1 fully saturated rings. The number of hydrogen-bond acceptors (Lipinski definition) is 4. The quantitative estimate of drug-likeness (QED) is 0.717. The molecule has 6 nitrogen and oxygen atoms in total. The molecule has 2 aliphatic heterocycles. The van der Waals surface area contributed by atoms with Crippen molar-refractivity contribution in [1.82, 2.24) is 9.80 Å². The molecule has 3 aliphatic rings. The first-order chi connectivity index (χ1) is 14.4. The smallest absolute Gasteiger partial charge is 0.261 e. The van der Waals surface area contributed by atoms with Gasteiger partial charge in [0.05, 0.1) is 22.3 Å². The van der Waals surface area contributed by atoms with Crippen LogP contribution < -0.4 is 0 Å². The van der Waals surface area contributed by atoms with Crippen molar-refractivity contribution in [3.8, 4) is 11.1 Å². The number of amides is 4. The molecule has 0 saturated heterocycles. The number of hydrogen-bond donors (Lipinski definition) is 0. The second-order valence-electron chi connectivity index (χ2n) is 8.58. The normalized spacial score (nSPS) is 23.3. The summed E-state index contributed by atoms with van der Waals surface area (Å²) in [7, 11) is 1.46. The summed E-state index contributed by atoms with van der Waals surface area (Å²) in [6.07, 6.45) is 3.77. The molecule has 6 heteroatoms. The van der Waals surface area contributed by atoms with E-state index in [0.717, 1.165) is 41.7 Å². The lowest BCUT2D eigenvalue weighted by Gasteiger charge is -2.32. The Balaban J connectivity index is 1.49. The SMILES string of the molecule is CN1C(=O)c2ccc(-c3ccc4c(c3)C(=O)N([C@H]3CC[C@H](C)CC3)C4=O)cc2C1=O. The molecule has 2 aromatic rings. The van der Waals surface area contributed by atoms with Gasteiger partial charge in [0.1, 0.15) is 0 Å². The van der Waals surface area contributed by atoms with E-state index in [9.17, 15) is 19.2 Å². The molecule has 4 amide bonds. The molecule has 30 heavy (non-hydrogen) atoms. The molecule has 1 saturated carbocycles. The predicted molar refractivity (Wildman–Crippen MR) is 110 cm³/mol. The highest BCUT2D eigenvalue weighted by Crippen LogP contribution is 2.35. The highest BCUT2D eigenvalue weighted by atomic mass is 16.2. The standard InChI is InChI=1S/C24H22N2O4/c1-13-3-7-16(8-4-13)26-23(29)18-10-6-15(12-20(18)24(26)30)14-5-9-17-19(11-14)22(28)25(2)21(17)27/h5-6,9-13,16H,3-4,7-8H2,1-2H3/t13-,16-. The van der Waals surface area contributed by atoms with Crippen molar-refractivity contribution < 1.29 is 19.2 Å². The second-order valence-corrected chi connectivity index (χ2v) is 8.58. The average molecular weight is 402 g/mol. The first kappa shape index (κ1) is 18.7. The van der Waals surface area contributed by atoms with Crippen LogP contribution in [-0.4, -0.2) is 46.5 Å². The number of carbonyl (C=O) groups excluding carboxylic acids is 4. The zero-order valence-corrected chi connectivity index (χ0v) is 17.0. The van der Waals surface area contributed by atoms with Gasteiger partial charge in [-0.15, -0.1) is 0 Å². The van der Waals surface area contributed by atoms with Crippen molar-refractivity contribution in [1.29, 1.82) is 0 Å². The predicted octanol–water partition coefficient (Wildman–Crippen LogP) is 3.75. The highest BCUT2D eigenvalue weighted by Gasteiger charge is 2.41. The third kappa shape index (κ3) is 2.63. The summed E-state index contributed by atoms with van der Waals surface area (Å²) in [5.74, 6) is -0.451. The van der Waals surface area contributed by atoms with Gasteiger partial charge in [-0.2, -0.15) is 0 Å². The van der Waals surface area contributed by atoms with Gasteiger partial charge in [-0.25, -0.2) is 0 Å². The van der Waals surface area contributed by atoms with Gasteiger partial charge in [0.2, 0.25) is 0 Å². The van der Waals surface area contributed by atoms with Crippen LogP contribution in [0, 0.1) is 5.92 Å². The van der Waals surface area contributed by atoms with E-state index in [-0.39, 0.29) is 29.7 Å². The third-order valence-electron chi connectivity index (χ3n) is 6.69. The van der Waals surface area contributed by atoms with E-state index in [4.69, 9.17) is 0 Å². The Morgan fingerprint density at radius 1 is 0.667 bits per heavy atom. The molecule has 0 spiro atoms. The Labute approximate surface area is 174 Å². The highest BCUT2D eigenvalue weighted by molar-refractivity contribution is 6.23. The van der Waals surface area contributed by atoms with Gasteiger partial charge in [0.25, 0.3) is 23.6 Å². The minimum Gasteiger partial charge on any atom is -0.277 e. The molecule has 152 valence electrons. The summed E-state index contributed by atoms with van der Waals surface area (Å²) in [6, 6.07) is 10.3. The van der Waals surface area contributed by atoms with Crippen molar-refractivity contribution in [3.05, 3.63) is 58.7 Å². The van der Waals surface area contributed by atoms with Gasteiger partial charge in [0.15, 0.2) is 0 Å². The van der Waals surface area contributed by atoms with E-state index >= 15 is 0 Å². The summed E-state index contributed by atoms with van der Waals surface area (Å²) in [6.45, 7) is 2.21. The van der Waals surface area contributed by atoms with Crippen molar-refractivity contribution in [2.75, 3.05) is 7.05 Å². The van der Waals surface area contributed by atoms with Crippen LogP contribution in [0.1, 0.15) is 74.0 Å². The minimum atomic E-state index is -0.332. The summed E-state index contributed by atoms with van der Waals surface area (Å²) in [4.78, 5) is 53.0. The van der Waals surface area contributed by atoms with Gasteiger partial charge >= 0.3 is 0 Å². The van der Waals surface area contributed by atoms with E-state index in [2.05, 4.69) is 6.92 Å². The lowest BCUT2D eigenvalue weighted by Crippen LogP contribution is -2.41. The Kier molecular flexibility index (Phi) is 4.13. The minimum absolute atomic E-state index is 0.0313. The molecule has 2 heterocycles. The molecular formula is C24H22N2O4. The molecule has 0 bridgehead atoms. The van der Waals surface area contributed by atoms with Crippen LogP contribution in [0.25, 0.3) is 11.1 Å². The van der Waals surface area contributed by atoms with Gasteiger partial charge in [-0.05, 0) is 67.0 Å². The van der Waals surface area contributed by atoms with Crippen LogP contribution in [-0.2, 0) is 0 Å². The summed E-state index contributed by atoms with van der Waals surface area (Å²) in [5.41, 5.74) is 3.08. The molecule has 0 unspecified atom stereocenters. The Bertz CT molecular complexity index is 1130. The number of fused-ring (bicyclic) bond motifs is 2. The number of imide groups is 2. The molecule has 1 aliphatic carbocycles. The summed E-state index contributed by atoms with van der Waals surface area (Å²) in [5, 5.41) is 0. The van der Waals surface area contributed by atoms with Crippen LogP contribution in [0.15, 0.2) is 36.4 Å². The Hall–Kier alpha value is -3.28. The molecule has 0 radical (unpaired) electrons. The summed E-state index contributed by atoms with van der Waals surface area (Å²) < 4.78 is 0. The zero-order chi connectivity index (χ0) is 21.2. The van der Waals surface area contributed by atoms with Gasteiger partial charge < -0.3 is 0 Å². The van der Waals surface area contributed by atoms with Crippen molar-refractivity contribution in [2.24, 2.45) is 5.92 Å². The van der Waals surface area contributed by atoms with Crippen LogP contribution in [0.2, 0.25) is 0 Å². The lowest BCUT2D eigenvalue weighted by atomic mass is 9.86. The van der Waals surface area contributed by atoms with Crippen LogP contribution in [0.5, 0.6) is 0 Å². The fourth-order valence-corrected chi connectivity index (χ4v) is 4.81. The second kappa shape index (κ2) is 6.62. The van der Waals surface area contributed by atoms with Gasteiger partial charge in [-0.1, -0.05) is 19.1 Å². The maximum Gasteiger partial charge on any atom is 0.261 e. The average Bonchev–Trinajstić information content (AvgIpc) is 3.13. The first-order valence-electron chi connectivity index (χ1n) is 10.4. The number of nitrogens with zero attached hydrogens (tertiary/aromatic N) is 2. The molecule has 0 N–H and O–H groups in total. The van der Waals surface area contributed by atoms with Crippen LogP contribution in [0.3, 0.4) is 0 Å². The van der Waals surface area contributed by atoms with E-state index in [1.165, 1.54) is 11.9 Å². The van der Waals surface area contributed by atoms with Crippen LogP contribution >= 0.6 is 0 Å². The maximum atomic E-state index is 13.1. The molecule has 0 atom stereocenters. The topological polar surface area (TPSA) is 74.8 Å². The fourth-order valence-electron chi connectivity index (χ4n) is 4.81. The molecule has 2 aromatic carbocycles. The maximum absolute atomic E-state index is 13.1. The summed E-state index contributed by atoms with van der Waals surface area (Å²) >= 11 is 0. The number of rotatable bonds is 2. The van der Waals surface area contributed by atoms with Crippen molar-refractivity contribution in [2.45, 2.75) is 38.6 Å². The fraction of sp³-hybridized carbons (Fsp3) is 0.333. The number of benzene rings is 2. The van der Waals surface area contributed by atoms with E-state index in [1.54, 1.807) is 36.4 Å². The monoisotopic (exact) mass is 402 g/mol. The van der Waals surface area contributed by atoms with E-state index in [1.807, 2.05) is 0 Å². The third-order valence-corrected chi connectivity index (χ3v) is 6.69. The molecular weight excluding hydrogens is 380 g/mol. The molecule has 0 aromatic heterocycles. The van der Waals surface area contributed by atoms with Gasteiger partial charge in [-0.3, -0.25) is 29.0 Å². The Morgan fingerprint density at radius 2 is 1.13 bits per heavy atom. The molecule has 5 rings (SSSR count). The first-order valence-corrected chi connectivity index (χ1v) is 10.4. The van der Waals surface area contributed by atoms with Gasteiger partial charge in [0, 0.05) is 13.1 Å². The Morgan fingerprint density at radius 3 is 1.73 bits per heavy atom. The largest absolute Gasteiger partial charge is 0.277 e. The van der Waals surface area contributed by atoms with E-state index < -0.39 is 0 Å². The van der Waals surface area contributed by atoms with Crippen LogP contribution in [0.4, 0.5) is 0 Å². The lowest BCUT2D eigenvalue weighted by molar-refractivity contribution is 0.0532. The zero-order valence-electron chi connectivity index (χ0n) is 17.0. The number of carbonyl (C=O) groups is 4. The van der Waals surface area contributed by atoms with E-state index in [0.29, 0.717) is 28.2 Å². The van der Waals surface area contributed by atoms with Crippen molar-refractivity contribution in [3.63, 3.8) is 0 Å².